The van der Waals surface area contributed by atoms with Crippen molar-refractivity contribution in [1.82, 2.24) is 6.15 Å². The topological polar surface area (TPSA) is 61.0 Å². The largest absolute Gasteiger partial charge is 0.344 e. The van der Waals surface area contributed by atoms with E-state index in [1.165, 1.54) is 16.3 Å². The van der Waals surface area contributed by atoms with E-state index in [-0.39, 0.29) is 6.15 Å². The molecule has 2 nitrogen and oxygen atoms in total. The summed E-state index contributed by atoms with van der Waals surface area (Å²) in [4.78, 5) is 0. The predicted molar refractivity (Wildman–Crippen MR) is 56.9 cm³/mol. The third-order valence-corrected chi connectivity index (χ3v) is 2.10. The molecule has 2 rings (SSSR count). The van der Waals surface area contributed by atoms with Crippen LogP contribution >= 0.6 is 0 Å². The van der Waals surface area contributed by atoms with E-state index in [2.05, 4.69) is 24.3 Å². The normalized spacial score (nSPS) is 9.62. The van der Waals surface area contributed by atoms with Crippen LogP contribution in [0.1, 0.15) is 5.56 Å². The van der Waals surface area contributed by atoms with Crippen molar-refractivity contribution < 1.29 is 0 Å². The Balaban J connectivity index is 0.000000845. The second-order valence-electron chi connectivity index (χ2n) is 2.84. The molecule has 0 bridgehead atoms. The molecule has 0 radical (unpaired) electrons. The minimum atomic E-state index is 0. The maximum absolute atomic E-state index is 5.62. The van der Waals surface area contributed by atoms with Crippen LogP contribution in [0, 0.1) is 0 Å². The summed E-state index contributed by atoms with van der Waals surface area (Å²) in [6, 6.07) is 14.5. The highest BCUT2D eigenvalue weighted by Crippen LogP contribution is 2.17. The van der Waals surface area contributed by atoms with E-state index in [1.807, 2.05) is 18.2 Å². The minimum absolute atomic E-state index is 0. The van der Waals surface area contributed by atoms with Crippen LogP contribution < -0.4 is 11.9 Å². The van der Waals surface area contributed by atoms with Crippen molar-refractivity contribution >= 4 is 10.8 Å². The Kier molecular flexibility index (Phi) is 3.01. The van der Waals surface area contributed by atoms with Gasteiger partial charge in [-0.05, 0) is 16.3 Å². The van der Waals surface area contributed by atoms with Crippen LogP contribution in [0.25, 0.3) is 10.8 Å². The molecule has 0 aliphatic rings. The van der Waals surface area contributed by atoms with Gasteiger partial charge in [-0.25, -0.2) is 0 Å². The number of hydrogen-bond donors (Lipinski definition) is 2. The number of benzene rings is 2. The first-order valence-corrected chi connectivity index (χ1v) is 4.08. The van der Waals surface area contributed by atoms with Gasteiger partial charge >= 0.3 is 0 Å². The summed E-state index contributed by atoms with van der Waals surface area (Å²) >= 11 is 0. The van der Waals surface area contributed by atoms with Gasteiger partial charge < -0.3 is 11.9 Å². The summed E-state index contributed by atoms with van der Waals surface area (Å²) in [5.41, 5.74) is 6.83. The Morgan fingerprint density at radius 2 is 1.62 bits per heavy atom. The molecule has 13 heavy (non-hydrogen) atoms. The summed E-state index contributed by atoms with van der Waals surface area (Å²) in [5, 5.41) is 2.53. The van der Waals surface area contributed by atoms with E-state index >= 15 is 0 Å². The highest BCUT2D eigenvalue weighted by Gasteiger charge is 1.95. The van der Waals surface area contributed by atoms with Gasteiger partial charge in [0.15, 0.2) is 0 Å². The van der Waals surface area contributed by atoms with Crippen LogP contribution in [0.4, 0.5) is 0 Å². The molecule has 2 aromatic carbocycles. The van der Waals surface area contributed by atoms with E-state index in [0.717, 1.165) is 0 Å². The number of rotatable bonds is 1. The lowest BCUT2D eigenvalue weighted by Gasteiger charge is -2.02. The Morgan fingerprint density at radius 1 is 0.923 bits per heavy atom. The van der Waals surface area contributed by atoms with Gasteiger partial charge in [0.25, 0.3) is 0 Å². The van der Waals surface area contributed by atoms with Gasteiger partial charge in [0.05, 0.1) is 0 Å². The van der Waals surface area contributed by atoms with Crippen LogP contribution in [0.3, 0.4) is 0 Å². The molecule has 0 aliphatic heterocycles. The van der Waals surface area contributed by atoms with Gasteiger partial charge in [-0.1, -0.05) is 42.5 Å². The second-order valence-corrected chi connectivity index (χ2v) is 2.84. The monoisotopic (exact) mass is 174 g/mol. The molecule has 68 valence electrons. The molecule has 0 atom stereocenters. The molecule has 0 spiro atoms. The Labute approximate surface area is 78.0 Å². The van der Waals surface area contributed by atoms with Gasteiger partial charge in [-0.2, -0.15) is 0 Å². The first kappa shape index (κ1) is 9.71. The third kappa shape index (κ3) is 1.69. The zero-order chi connectivity index (χ0) is 8.39. The Bertz CT molecular complexity index is 391. The van der Waals surface area contributed by atoms with E-state index in [4.69, 9.17) is 5.73 Å². The van der Waals surface area contributed by atoms with Crippen LogP contribution in [-0.2, 0) is 6.54 Å². The van der Waals surface area contributed by atoms with Gasteiger partial charge in [-0.3, -0.25) is 0 Å². The lowest BCUT2D eigenvalue weighted by atomic mass is 10.1. The summed E-state index contributed by atoms with van der Waals surface area (Å²) in [7, 11) is 0. The molecule has 0 saturated carbocycles. The highest BCUT2D eigenvalue weighted by molar-refractivity contribution is 5.85. The van der Waals surface area contributed by atoms with E-state index in [9.17, 15) is 0 Å². The van der Waals surface area contributed by atoms with E-state index in [0.29, 0.717) is 6.54 Å². The van der Waals surface area contributed by atoms with Crippen molar-refractivity contribution in [3.63, 3.8) is 0 Å². The smallest absolute Gasteiger partial charge is 0.0184 e. The Hall–Kier alpha value is -1.38. The number of hydrogen-bond acceptors (Lipinski definition) is 2. The first-order chi connectivity index (χ1) is 5.92. The average Bonchev–Trinajstić information content (AvgIpc) is 2.17. The number of fused-ring (bicyclic) bond motifs is 1. The van der Waals surface area contributed by atoms with Gasteiger partial charge in [0.2, 0.25) is 0 Å². The predicted octanol–water partition coefficient (Wildman–Crippen LogP) is 2.46. The molecule has 0 amide bonds. The quantitative estimate of drug-likeness (QED) is 0.697. The summed E-state index contributed by atoms with van der Waals surface area (Å²) < 4.78 is 0. The summed E-state index contributed by atoms with van der Waals surface area (Å²) in [6.07, 6.45) is 0. The van der Waals surface area contributed by atoms with Crippen LogP contribution in [0.15, 0.2) is 42.5 Å². The molecule has 0 unspecified atom stereocenters. The average molecular weight is 174 g/mol. The van der Waals surface area contributed by atoms with Crippen LogP contribution in [0.5, 0.6) is 0 Å². The van der Waals surface area contributed by atoms with Crippen molar-refractivity contribution in [3.05, 3.63) is 48.0 Å². The molecular weight excluding hydrogens is 160 g/mol. The molecule has 2 heteroatoms. The maximum atomic E-state index is 5.62. The molecule has 5 N–H and O–H groups in total. The molecule has 0 saturated heterocycles. The van der Waals surface area contributed by atoms with E-state index in [1.54, 1.807) is 0 Å². The van der Waals surface area contributed by atoms with E-state index < -0.39 is 0 Å². The van der Waals surface area contributed by atoms with Crippen molar-refractivity contribution in [2.75, 3.05) is 0 Å². The molecular formula is C11H14N2. The van der Waals surface area contributed by atoms with Crippen LogP contribution in [0.2, 0.25) is 0 Å². The van der Waals surface area contributed by atoms with Crippen molar-refractivity contribution in [3.8, 4) is 0 Å². The van der Waals surface area contributed by atoms with Gasteiger partial charge in [0, 0.05) is 6.54 Å². The second kappa shape index (κ2) is 4.03. The third-order valence-electron chi connectivity index (χ3n) is 2.10. The fraction of sp³-hybridized carbons (Fsp3) is 0.0909. The molecule has 0 aromatic heterocycles. The molecule has 0 aliphatic carbocycles. The fourth-order valence-corrected chi connectivity index (χ4v) is 1.47. The zero-order valence-corrected chi connectivity index (χ0v) is 7.53. The standard InChI is InChI=1S/C11H11N.H3N/c12-8-10-6-3-5-9-4-1-2-7-11(9)10;/h1-7H,8,12H2;1H3. The summed E-state index contributed by atoms with van der Waals surface area (Å²) in [5.74, 6) is 0. The van der Waals surface area contributed by atoms with Crippen molar-refractivity contribution in [2.24, 2.45) is 5.73 Å². The zero-order valence-electron chi connectivity index (χ0n) is 7.53. The minimum Gasteiger partial charge on any atom is -0.344 e. The SMILES string of the molecule is N.NCc1cccc2ccccc12. The lowest BCUT2D eigenvalue weighted by Crippen LogP contribution is -1.96. The lowest BCUT2D eigenvalue weighted by molar-refractivity contribution is 1.09. The fourth-order valence-electron chi connectivity index (χ4n) is 1.47. The van der Waals surface area contributed by atoms with Crippen molar-refractivity contribution in [2.45, 2.75) is 6.54 Å². The number of nitrogens with two attached hydrogens (primary N) is 1. The maximum Gasteiger partial charge on any atom is 0.0184 e. The molecule has 0 fully saturated rings. The molecule has 0 heterocycles. The van der Waals surface area contributed by atoms with Gasteiger partial charge in [0.1, 0.15) is 0 Å². The first-order valence-electron chi connectivity index (χ1n) is 4.08. The highest BCUT2D eigenvalue weighted by atomic mass is 14.5. The molecule has 2 aromatic rings. The Morgan fingerprint density at radius 3 is 2.38 bits per heavy atom. The summed E-state index contributed by atoms with van der Waals surface area (Å²) in [6.45, 7) is 0.612. The van der Waals surface area contributed by atoms with Gasteiger partial charge in [-0.15, -0.1) is 0 Å². The van der Waals surface area contributed by atoms with Crippen molar-refractivity contribution in [1.29, 1.82) is 0 Å². The van der Waals surface area contributed by atoms with Crippen LogP contribution in [-0.4, -0.2) is 0 Å².